The number of ether oxygens (including phenoxy) is 1. The minimum Gasteiger partial charge on any atom is -0.458 e. The first-order chi connectivity index (χ1) is 11.4. The van der Waals surface area contributed by atoms with Crippen molar-refractivity contribution in [1.29, 1.82) is 0 Å². The molecule has 2 aliphatic carbocycles. The van der Waals surface area contributed by atoms with Gasteiger partial charge in [0, 0.05) is 17.4 Å². The van der Waals surface area contributed by atoms with E-state index in [-0.39, 0.29) is 35.2 Å². The van der Waals surface area contributed by atoms with Crippen LogP contribution in [0.15, 0.2) is 12.2 Å². The number of hydrogen-bond donors (Lipinski definition) is 1. The van der Waals surface area contributed by atoms with Gasteiger partial charge in [0.2, 0.25) is 0 Å². The van der Waals surface area contributed by atoms with Crippen molar-refractivity contribution < 1.29 is 24.2 Å². The van der Waals surface area contributed by atoms with Gasteiger partial charge in [-0.3, -0.25) is 9.59 Å². The smallest absolute Gasteiger partial charge is 0.334 e. The van der Waals surface area contributed by atoms with E-state index in [1.807, 2.05) is 13.8 Å². The zero-order chi connectivity index (χ0) is 18.9. The van der Waals surface area contributed by atoms with Crippen LogP contribution in [-0.2, 0) is 19.1 Å². The average molecular weight is 348 g/mol. The Kier molecular flexibility index (Phi) is 4.03. The summed E-state index contributed by atoms with van der Waals surface area (Å²) in [6.07, 6.45) is 0.452. The maximum atomic E-state index is 12.7. The molecule has 5 heteroatoms. The fourth-order valence-corrected chi connectivity index (χ4v) is 6.70. The summed E-state index contributed by atoms with van der Waals surface area (Å²) in [7, 11) is 0. The number of carbonyl (C=O) groups is 3. The average Bonchev–Trinajstić information content (AvgIpc) is 2.72. The predicted octanol–water partition coefficient (Wildman–Crippen LogP) is 2.31. The number of fused-ring (bicyclic) bond motifs is 2. The SMILES string of the molecule is C=C1C(=O)OC2C1C(C)C1C(C)(O)CCC(C(C)=O)C1(C)C2C(C)=O. The largest absolute Gasteiger partial charge is 0.458 e. The minimum atomic E-state index is -1.01. The fraction of sp³-hybridized carbons (Fsp3) is 0.750. The van der Waals surface area contributed by atoms with E-state index < -0.39 is 29.0 Å². The van der Waals surface area contributed by atoms with Crippen LogP contribution in [0, 0.1) is 35.0 Å². The Bertz CT molecular complexity index is 663. The van der Waals surface area contributed by atoms with Crippen molar-refractivity contribution in [2.45, 2.75) is 59.2 Å². The quantitative estimate of drug-likeness (QED) is 0.612. The molecule has 25 heavy (non-hydrogen) atoms. The lowest BCUT2D eigenvalue weighted by atomic mass is 9.41. The van der Waals surface area contributed by atoms with Crippen LogP contribution in [0.3, 0.4) is 0 Å². The number of Topliss-reactive ketones (excluding diaryl/α,β-unsaturated/α-hetero) is 2. The maximum absolute atomic E-state index is 12.7. The summed E-state index contributed by atoms with van der Waals surface area (Å²) < 4.78 is 5.58. The molecule has 3 rings (SSSR count). The highest BCUT2D eigenvalue weighted by Gasteiger charge is 2.69. The highest BCUT2D eigenvalue weighted by molar-refractivity contribution is 5.93. The predicted molar refractivity (Wildman–Crippen MR) is 91.5 cm³/mol. The highest BCUT2D eigenvalue weighted by atomic mass is 16.6. The Morgan fingerprint density at radius 1 is 1.24 bits per heavy atom. The molecule has 3 fully saturated rings. The molecule has 1 N–H and O–H groups in total. The van der Waals surface area contributed by atoms with E-state index in [9.17, 15) is 19.5 Å². The van der Waals surface area contributed by atoms with Gasteiger partial charge in [0.25, 0.3) is 0 Å². The van der Waals surface area contributed by atoms with Gasteiger partial charge < -0.3 is 9.84 Å². The number of aliphatic hydroxyl groups is 1. The third-order valence-electron chi connectivity index (χ3n) is 7.31. The molecule has 3 aliphatic rings. The van der Waals surface area contributed by atoms with Crippen molar-refractivity contribution in [2.75, 3.05) is 0 Å². The number of ketones is 2. The molecule has 0 aromatic carbocycles. The molecule has 1 saturated heterocycles. The van der Waals surface area contributed by atoms with Gasteiger partial charge in [0.15, 0.2) is 0 Å². The lowest BCUT2D eigenvalue weighted by Gasteiger charge is -2.63. The molecular formula is C20H28O5. The van der Waals surface area contributed by atoms with Crippen molar-refractivity contribution in [3.8, 4) is 0 Å². The van der Waals surface area contributed by atoms with Crippen LogP contribution in [0.25, 0.3) is 0 Å². The Balaban J connectivity index is 2.24. The van der Waals surface area contributed by atoms with Crippen LogP contribution in [0.2, 0.25) is 0 Å². The lowest BCUT2D eigenvalue weighted by molar-refractivity contribution is -0.216. The van der Waals surface area contributed by atoms with Crippen molar-refractivity contribution in [2.24, 2.45) is 35.0 Å². The summed E-state index contributed by atoms with van der Waals surface area (Å²) in [4.78, 5) is 37.3. The Morgan fingerprint density at radius 3 is 2.36 bits per heavy atom. The molecule has 8 unspecified atom stereocenters. The standard InChI is InChI=1S/C20H28O5/c1-9-14-10(2)18(23)25-16(14)15(12(4)22)20(6)13(11(3)21)7-8-19(5,24)17(9)20/h9,13-17,24H,2,7-8H2,1,3-6H3. The van der Waals surface area contributed by atoms with E-state index in [1.165, 1.54) is 6.92 Å². The van der Waals surface area contributed by atoms with Gasteiger partial charge in [0.05, 0.1) is 11.5 Å². The number of carbonyl (C=O) groups excluding carboxylic acids is 3. The van der Waals surface area contributed by atoms with Gasteiger partial charge >= 0.3 is 5.97 Å². The molecule has 5 nitrogen and oxygen atoms in total. The Hall–Kier alpha value is -1.49. The molecule has 0 radical (unpaired) electrons. The van der Waals surface area contributed by atoms with Crippen LogP contribution in [0.5, 0.6) is 0 Å². The first-order valence-corrected chi connectivity index (χ1v) is 9.07. The fourth-order valence-electron chi connectivity index (χ4n) is 6.70. The van der Waals surface area contributed by atoms with Crippen LogP contribution in [0.4, 0.5) is 0 Å². The van der Waals surface area contributed by atoms with Gasteiger partial charge in [-0.25, -0.2) is 4.79 Å². The van der Waals surface area contributed by atoms with Crippen LogP contribution in [-0.4, -0.2) is 34.3 Å². The van der Waals surface area contributed by atoms with E-state index in [2.05, 4.69) is 6.58 Å². The van der Waals surface area contributed by atoms with E-state index in [0.29, 0.717) is 18.4 Å². The molecule has 0 aromatic heterocycles. The van der Waals surface area contributed by atoms with Gasteiger partial charge in [0.1, 0.15) is 17.7 Å². The van der Waals surface area contributed by atoms with Gasteiger partial charge in [-0.2, -0.15) is 0 Å². The van der Waals surface area contributed by atoms with E-state index in [4.69, 9.17) is 4.74 Å². The summed E-state index contributed by atoms with van der Waals surface area (Å²) >= 11 is 0. The van der Waals surface area contributed by atoms with Crippen LogP contribution >= 0.6 is 0 Å². The van der Waals surface area contributed by atoms with Crippen LogP contribution < -0.4 is 0 Å². The zero-order valence-corrected chi connectivity index (χ0v) is 15.7. The van der Waals surface area contributed by atoms with E-state index >= 15 is 0 Å². The summed E-state index contributed by atoms with van der Waals surface area (Å²) in [5, 5.41) is 11.2. The second-order valence-corrected chi connectivity index (χ2v) is 8.77. The number of hydrogen-bond acceptors (Lipinski definition) is 5. The zero-order valence-electron chi connectivity index (χ0n) is 15.7. The molecule has 2 saturated carbocycles. The molecule has 0 amide bonds. The Labute approximate surface area is 148 Å². The van der Waals surface area contributed by atoms with Crippen LogP contribution in [0.1, 0.15) is 47.5 Å². The third-order valence-corrected chi connectivity index (χ3v) is 7.31. The first-order valence-electron chi connectivity index (χ1n) is 9.07. The number of rotatable bonds is 2. The summed E-state index contributed by atoms with van der Waals surface area (Å²) in [5.41, 5.74) is -1.37. The molecule has 138 valence electrons. The van der Waals surface area contributed by atoms with Crippen molar-refractivity contribution >= 4 is 17.5 Å². The van der Waals surface area contributed by atoms with E-state index in [1.54, 1.807) is 13.8 Å². The summed E-state index contributed by atoms with van der Waals surface area (Å²) in [5.74, 6) is -2.16. The van der Waals surface area contributed by atoms with Gasteiger partial charge in [-0.15, -0.1) is 0 Å². The van der Waals surface area contributed by atoms with Crippen molar-refractivity contribution in [3.63, 3.8) is 0 Å². The maximum Gasteiger partial charge on any atom is 0.334 e. The van der Waals surface area contributed by atoms with Gasteiger partial charge in [-0.05, 0) is 50.9 Å². The summed E-state index contributed by atoms with van der Waals surface area (Å²) in [6, 6.07) is 0. The first kappa shape index (κ1) is 18.3. The summed E-state index contributed by atoms with van der Waals surface area (Å²) in [6.45, 7) is 12.7. The minimum absolute atomic E-state index is 0.0306. The second-order valence-electron chi connectivity index (χ2n) is 8.77. The molecular weight excluding hydrogens is 320 g/mol. The highest BCUT2D eigenvalue weighted by Crippen LogP contribution is 2.65. The molecule has 0 spiro atoms. The lowest BCUT2D eigenvalue weighted by Crippen LogP contribution is -2.67. The van der Waals surface area contributed by atoms with E-state index in [0.717, 1.165) is 0 Å². The van der Waals surface area contributed by atoms with Crippen molar-refractivity contribution in [1.82, 2.24) is 0 Å². The second kappa shape index (κ2) is 5.50. The monoisotopic (exact) mass is 348 g/mol. The van der Waals surface area contributed by atoms with Crippen molar-refractivity contribution in [3.05, 3.63) is 12.2 Å². The number of esters is 1. The molecule has 1 heterocycles. The molecule has 1 aliphatic heterocycles. The van der Waals surface area contributed by atoms with Gasteiger partial charge in [-0.1, -0.05) is 20.4 Å². The normalized spacial score (nSPS) is 49.2. The molecule has 0 bridgehead atoms. The topological polar surface area (TPSA) is 80.7 Å². The molecule has 0 aromatic rings. The third kappa shape index (κ3) is 2.28. The Morgan fingerprint density at radius 2 is 1.84 bits per heavy atom. The molecule has 8 atom stereocenters.